The van der Waals surface area contributed by atoms with Gasteiger partial charge < -0.3 is 15.4 Å². The van der Waals surface area contributed by atoms with Gasteiger partial charge in [0.2, 0.25) is 11.8 Å². The van der Waals surface area contributed by atoms with Gasteiger partial charge in [-0.2, -0.15) is 20.2 Å². The van der Waals surface area contributed by atoms with E-state index in [0.717, 1.165) is 31.6 Å². The van der Waals surface area contributed by atoms with E-state index in [9.17, 15) is 0 Å². The zero-order chi connectivity index (χ0) is 17.5. The van der Waals surface area contributed by atoms with Crippen LogP contribution in [0.2, 0.25) is 5.15 Å². The Kier molecular flexibility index (Phi) is 3.90. The van der Waals surface area contributed by atoms with Gasteiger partial charge in [0, 0.05) is 12.7 Å². The lowest BCUT2D eigenvalue weighted by Gasteiger charge is -2.23. The third kappa shape index (κ3) is 3.08. The minimum atomic E-state index is 0.0540. The number of nitrogens with one attached hydrogen (secondary N) is 3. The van der Waals surface area contributed by atoms with Gasteiger partial charge in [-0.15, -0.1) is 0 Å². The predicted molar refractivity (Wildman–Crippen MR) is 97.0 cm³/mol. The second kappa shape index (κ2) is 6.40. The highest BCUT2D eigenvalue weighted by molar-refractivity contribution is 6.34. The van der Waals surface area contributed by atoms with E-state index in [1.807, 2.05) is 10.9 Å². The number of piperidine rings is 1. The Morgan fingerprint density at radius 1 is 1.27 bits per heavy atom. The molecule has 10 heteroatoms. The molecule has 5 rings (SSSR count). The van der Waals surface area contributed by atoms with Crippen LogP contribution in [0.15, 0.2) is 12.4 Å². The topological polar surface area (TPSA) is 106 Å². The number of rotatable bonds is 5. The smallest absolute Gasteiger partial charge is 0.232 e. The van der Waals surface area contributed by atoms with Crippen molar-refractivity contribution in [1.29, 1.82) is 0 Å². The lowest BCUT2D eigenvalue weighted by Crippen LogP contribution is -2.37. The third-order valence-electron chi connectivity index (χ3n) is 4.65. The molecule has 0 aromatic carbocycles. The molecule has 0 spiro atoms. The zero-order valence-corrected chi connectivity index (χ0v) is 14.8. The van der Waals surface area contributed by atoms with Crippen LogP contribution in [0.3, 0.4) is 0 Å². The molecule has 1 aliphatic heterocycles. The van der Waals surface area contributed by atoms with Gasteiger partial charge >= 0.3 is 0 Å². The lowest BCUT2D eigenvalue weighted by molar-refractivity contribution is 0.163. The van der Waals surface area contributed by atoms with E-state index in [1.165, 1.54) is 12.8 Å². The first-order chi connectivity index (χ1) is 12.8. The molecule has 1 saturated carbocycles. The van der Waals surface area contributed by atoms with Crippen molar-refractivity contribution in [3.8, 4) is 5.88 Å². The van der Waals surface area contributed by atoms with Crippen LogP contribution in [-0.4, -0.2) is 49.1 Å². The summed E-state index contributed by atoms with van der Waals surface area (Å²) >= 11 is 6.20. The monoisotopic (exact) mass is 374 g/mol. The van der Waals surface area contributed by atoms with Crippen molar-refractivity contribution in [2.24, 2.45) is 0 Å². The number of anilines is 2. The summed E-state index contributed by atoms with van der Waals surface area (Å²) in [6.07, 6.45) is 8.22. The summed E-state index contributed by atoms with van der Waals surface area (Å²) in [5.74, 6) is 0.867. The van der Waals surface area contributed by atoms with Crippen molar-refractivity contribution in [3.05, 3.63) is 17.5 Å². The summed E-state index contributed by atoms with van der Waals surface area (Å²) in [7, 11) is 0. The van der Waals surface area contributed by atoms with Gasteiger partial charge in [-0.25, -0.2) is 0 Å². The normalized spacial score (nSPS) is 20.4. The van der Waals surface area contributed by atoms with E-state index < -0.39 is 0 Å². The second-order valence-corrected chi connectivity index (χ2v) is 7.10. The largest absolute Gasteiger partial charge is 0.472 e. The maximum Gasteiger partial charge on any atom is 0.232 e. The quantitative estimate of drug-likeness (QED) is 0.629. The summed E-state index contributed by atoms with van der Waals surface area (Å²) in [6.45, 7) is 1.81. The van der Waals surface area contributed by atoms with Gasteiger partial charge in [0.1, 0.15) is 11.5 Å². The standard InChI is InChI=1S/C16H19ClN8O/c17-13-12-14(24-23-13)21-16(20-9-6-19-25(8-9)10-3-4-10)22-15(12)26-11-2-1-5-18-7-11/h6,8,10-11,18H,1-5,7H2,(H2,20,21,22,23,24)/t11-/m1/s1. The predicted octanol–water partition coefficient (Wildman–Crippen LogP) is 2.41. The summed E-state index contributed by atoms with van der Waals surface area (Å²) in [5, 5.41) is 18.7. The van der Waals surface area contributed by atoms with Crippen LogP contribution in [-0.2, 0) is 0 Å². The number of aromatic nitrogens is 6. The van der Waals surface area contributed by atoms with Crippen LogP contribution >= 0.6 is 11.6 Å². The fraction of sp³-hybridized carbons (Fsp3) is 0.500. The highest BCUT2D eigenvalue weighted by atomic mass is 35.5. The summed E-state index contributed by atoms with van der Waals surface area (Å²) in [4.78, 5) is 9.00. The Balaban J connectivity index is 1.44. The van der Waals surface area contributed by atoms with Crippen molar-refractivity contribution in [2.45, 2.75) is 37.8 Å². The molecule has 1 aliphatic carbocycles. The zero-order valence-electron chi connectivity index (χ0n) is 14.1. The molecular formula is C16H19ClN8O. The second-order valence-electron chi connectivity index (χ2n) is 6.74. The molecule has 3 aromatic heterocycles. The van der Waals surface area contributed by atoms with Gasteiger partial charge in [-0.1, -0.05) is 11.6 Å². The van der Waals surface area contributed by atoms with E-state index in [0.29, 0.717) is 34.1 Å². The number of halogens is 1. The number of hydrogen-bond acceptors (Lipinski definition) is 7. The molecule has 3 aromatic rings. The summed E-state index contributed by atoms with van der Waals surface area (Å²) < 4.78 is 8.09. The Bertz CT molecular complexity index is 928. The van der Waals surface area contributed by atoms with Gasteiger partial charge in [-0.3, -0.25) is 9.78 Å². The number of nitrogens with zero attached hydrogens (tertiary/aromatic N) is 5. The highest BCUT2D eigenvalue weighted by Gasteiger charge is 2.25. The van der Waals surface area contributed by atoms with Crippen LogP contribution in [0.5, 0.6) is 5.88 Å². The molecule has 1 saturated heterocycles. The molecule has 136 valence electrons. The molecule has 4 heterocycles. The number of fused-ring (bicyclic) bond motifs is 1. The van der Waals surface area contributed by atoms with Gasteiger partial charge in [0.25, 0.3) is 0 Å². The van der Waals surface area contributed by atoms with Crippen molar-refractivity contribution in [2.75, 3.05) is 18.4 Å². The molecule has 1 atom stereocenters. The fourth-order valence-corrected chi connectivity index (χ4v) is 3.37. The Morgan fingerprint density at radius 3 is 3.00 bits per heavy atom. The van der Waals surface area contributed by atoms with Crippen molar-refractivity contribution >= 4 is 34.3 Å². The van der Waals surface area contributed by atoms with E-state index >= 15 is 0 Å². The summed E-state index contributed by atoms with van der Waals surface area (Å²) in [5.41, 5.74) is 1.38. The van der Waals surface area contributed by atoms with Gasteiger partial charge in [0.05, 0.1) is 17.9 Å². The Morgan fingerprint density at radius 2 is 2.19 bits per heavy atom. The van der Waals surface area contributed by atoms with E-state index in [4.69, 9.17) is 16.3 Å². The lowest BCUT2D eigenvalue weighted by atomic mass is 10.1. The van der Waals surface area contributed by atoms with Crippen molar-refractivity contribution < 1.29 is 4.74 Å². The van der Waals surface area contributed by atoms with E-state index in [1.54, 1.807) is 6.20 Å². The average molecular weight is 375 g/mol. The molecular weight excluding hydrogens is 356 g/mol. The van der Waals surface area contributed by atoms with Crippen molar-refractivity contribution in [3.63, 3.8) is 0 Å². The molecule has 0 amide bonds. The molecule has 0 radical (unpaired) electrons. The third-order valence-corrected chi connectivity index (χ3v) is 4.92. The minimum absolute atomic E-state index is 0.0540. The maximum atomic E-state index is 6.20. The van der Waals surface area contributed by atoms with Crippen LogP contribution < -0.4 is 15.4 Å². The maximum absolute atomic E-state index is 6.20. The number of aromatic amines is 1. The molecule has 9 nitrogen and oxygen atoms in total. The van der Waals surface area contributed by atoms with E-state index in [-0.39, 0.29) is 6.10 Å². The molecule has 0 unspecified atom stereocenters. The van der Waals surface area contributed by atoms with Crippen molar-refractivity contribution in [1.82, 2.24) is 35.3 Å². The molecule has 2 aliphatic rings. The first kappa shape index (κ1) is 15.8. The van der Waals surface area contributed by atoms with Crippen LogP contribution in [0.4, 0.5) is 11.6 Å². The van der Waals surface area contributed by atoms with E-state index in [2.05, 4.69) is 35.9 Å². The Hall–Kier alpha value is -2.39. The molecule has 26 heavy (non-hydrogen) atoms. The van der Waals surface area contributed by atoms with Gasteiger partial charge in [0.15, 0.2) is 10.8 Å². The van der Waals surface area contributed by atoms with Crippen LogP contribution in [0.25, 0.3) is 11.0 Å². The summed E-state index contributed by atoms with van der Waals surface area (Å²) in [6, 6.07) is 0.526. The minimum Gasteiger partial charge on any atom is -0.472 e. The average Bonchev–Trinajstić information content (AvgIpc) is 3.29. The van der Waals surface area contributed by atoms with Crippen LogP contribution in [0.1, 0.15) is 31.7 Å². The SMILES string of the molecule is Clc1n[nH]c2nc(Nc3cnn(C4CC4)c3)nc(O[C@@H]3CCCNC3)c12. The van der Waals surface area contributed by atoms with Gasteiger partial charge in [-0.05, 0) is 32.2 Å². The van der Waals surface area contributed by atoms with Crippen LogP contribution in [0, 0.1) is 0 Å². The fourth-order valence-electron chi connectivity index (χ4n) is 3.15. The Labute approximate surface area is 154 Å². The first-order valence-corrected chi connectivity index (χ1v) is 9.24. The number of ether oxygens (including phenoxy) is 1. The highest BCUT2D eigenvalue weighted by Crippen LogP contribution is 2.35. The molecule has 3 N–H and O–H groups in total. The first-order valence-electron chi connectivity index (χ1n) is 8.86. The molecule has 0 bridgehead atoms. The number of hydrogen-bond donors (Lipinski definition) is 3. The molecule has 2 fully saturated rings. The number of H-pyrrole nitrogens is 1.